The second-order valence-electron chi connectivity index (χ2n) is 5.64. The standard InChI is InChI=1S/C19H15N5O2/c1-11-6-12(8-20)9-23-18(11)19(25)24-14-2-3-16(21)15(7-14)17(22)13-4-5-26-10-13/h2-7,9-10,22H,21H2,1H3,(H,24,25). The van der Waals surface area contributed by atoms with Crippen molar-refractivity contribution in [1.29, 1.82) is 10.7 Å². The fraction of sp³-hybridized carbons (Fsp3) is 0.0526. The molecule has 0 saturated heterocycles. The molecular formula is C19H15N5O2. The maximum absolute atomic E-state index is 12.5. The van der Waals surface area contributed by atoms with E-state index in [-0.39, 0.29) is 11.4 Å². The number of hydrogen-bond donors (Lipinski definition) is 3. The van der Waals surface area contributed by atoms with E-state index in [1.807, 2.05) is 6.07 Å². The van der Waals surface area contributed by atoms with Gasteiger partial charge in [-0.2, -0.15) is 5.26 Å². The van der Waals surface area contributed by atoms with Gasteiger partial charge in [-0.1, -0.05) is 0 Å². The Labute approximate surface area is 149 Å². The molecular weight excluding hydrogens is 330 g/mol. The second-order valence-corrected chi connectivity index (χ2v) is 5.64. The van der Waals surface area contributed by atoms with Crippen LogP contribution < -0.4 is 11.1 Å². The molecule has 0 aliphatic heterocycles. The van der Waals surface area contributed by atoms with E-state index < -0.39 is 5.91 Å². The Hall–Kier alpha value is -3.92. The average molecular weight is 345 g/mol. The van der Waals surface area contributed by atoms with Crippen LogP contribution in [0.4, 0.5) is 11.4 Å². The zero-order valence-electron chi connectivity index (χ0n) is 13.9. The quantitative estimate of drug-likeness (QED) is 0.494. The third-order valence-corrected chi connectivity index (χ3v) is 3.81. The third kappa shape index (κ3) is 3.30. The number of nitrogen functional groups attached to an aromatic ring is 1. The molecule has 0 unspecified atom stereocenters. The first-order valence-electron chi connectivity index (χ1n) is 7.68. The van der Waals surface area contributed by atoms with E-state index in [4.69, 9.17) is 20.8 Å². The zero-order chi connectivity index (χ0) is 18.7. The molecule has 0 aliphatic rings. The predicted molar refractivity (Wildman–Crippen MR) is 97.1 cm³/mol. The molecule has 3 aromatic rings. The van der Waals surface area contributed by atoms with E-state index in [0.29, 0.717) is 33.6 Å². The van der Waals surface area contributed by atoms with E-state index in [0.717, 1.165) is 0 Å². The Balaban J connectivity index is 1.87. The van der Waals surface area contributed by atoms with Gasteiger partial charge >= 0.3 is 0 Å². The highest BCUT2D eigenvalue weighted by molar-refractivity contribution is 6.14. The number of carbonyl (C=O) groups is 1. The van der Waals surface area contributed by atoms with Crippen LogP contribution in [-0.4, -0.2) is 16.6 Å². The SMILES string of the molecule is Cc1cc(C#N)cnc1C(=O)Nc1ccc(N)c(C(=N)c2ccoc2)c1. The maximum Gasteiger partial charge on any atom is 0.274 e. The van der Waals surface area contributed by atoms with E-state index in [1.54, 1.807) is 37.3 Å². The molecule has 7 heteroatoms. The number of aryl methyl sites for hydroxylation is 1. The lowest BCUT2D eigenvalue weighted by atomic mass is 10.0. The van der Waals surface area contributed by atoms with Crippen molar-refractivity contribution in [2.24, 2.45) is 0 Å². The topological polar surface area (TPSA) is 129 Å². The van der Waals surface area contributed by atoms with Gasteiger partial charge in [-0.25, -0.2) is 4.98 Å². The third-order valence-electron chi connectivity index (χ3n) is 3.81. The van der Waals surface area contributed by atoms with Gasteiger partial charge in [-0.05, 0) is 42.8 Å². The van der Waals surface area contributed by atoms with Crippen molar-refractivity contribution in [2.45, 2.75) is 6.92 Å². The van der Waals surface area contributed by atoms with E-state index in [9.17, 15) is 4.79 Å². The summed E-state index contributed by atoms with van der Waals surface area (Å²) in [7, 11) is 0. The highest BCUT2D eigenvalue weighted by Gasteiger charge is 2.14. The van der Waals surface area contributed by atoms with Gasteiger partial charge in [0.15, 0.2) is 0 Å². The number of pyridine rings is 1. The van der Waals surface area contributed by atoms with Gasteiger partial charge in [-0.15, -0.1) is 0 Å². The molecule has 4 N–H and O–H groups in total. The summed E-state index contributed by atoms with van der Waals surface area (Å²) < 4.78 is 5.00. The summed E-state index contributed by atoms with van der Waals surface area (Å²) in [5.74, 6) is -0.405. The van der Waals surface area contributed by atoms with Crippen molar-refractivity contribution in [1.82, 2.24) is 4.98 Å². The Bertz CT molecular complexity index is 1030. The van der Waals surface area contributed by atoms with Crippen LogP contribution in [0.1, 0.15) is 32.7 Å². The number of amides is 1. The van der Waals surface area contributed by atoms with Crippen LogP contribution >= 0.6 is 0 Å². The minimum atomic E-state index is -0.405. The van der Waals surface area contributed by atoms with Crippen LogP contribution in [0.5, 0.6) is 0 Å². The molecule has 0 fully saturated rings. The van der Waals surface area contributed by atoms with E-state index in [2.05, 4.69) is 10.3 Å². The minimum absolute atomic E-state index is 0.194. The molecule has 0 bridgehead atoms. The van der Waals surface area contributed by atoms with Crippen LogP contribution in [0.3, 0.4) is 0 Å². The molecule has 128 valence electrons. The summed E-state index contributed by atoms with van der Waals surface area (Å²) in [5.41, 5.74) is 9.35. The number of nitrogens with zero attached hydrogens (tertiary/aromatic N) is 2. The van der Waals surface area contributed by atoms with Crippen molar-refractivity contribution in [3.63, 3.8) is 0 Å². The Morgan fingerprint density at radius 2 is 2.15 bits per heavy atom. The van der Waals surface area contributed by atoms with Gasteiger partial charge in [0.05, 0.1) is 23.8 Å². The maximum atomic E-state index is 12.5. The lowest BCUT2D eigenvalue weighted by Crippen LogP contribution is -2.16. The number of benzene rings is 1. The van der Waals surface area contributed by atoms with Crippen LogP contribution in [-0.2, 0) is 0 Å². The lowest BCUT2D eigenvalue weighted by Gasteiger charge is -2.11. The molecule has 0 radical (unpaired) electrons. The van der Waals surface area contributed by atoms with E-state index >= 15 is 0 Å². The smallest absolute Gasteiger partial charge is 0.274 e. The van der Waals surface area contributed by atoms with Crippen LogP contribution in [0.25, 0.3) is 0 Å². The number of furan rings is 1. The first-order valence-corrected chi connectivity index (χ1v) is 7.68. The molecule has 0 spiro atoms. The number of rotatable bonds is 4. The molecule has 0 saturated carbocycles. The van der Waals surface area contributed by atoms with Crippen LogP contribution in [0.15, 0.2) is 53.5 Å². The molecule has 2 heterocycles. The summed E-state index contributed by atoms with van der Waals surface area (Å²) >= 11 is 0. The van der Waals surface area contributed by atoms with Gasteiger partial charge in [0.2, 0.25) is 0 Å². The van der Waals surface area contributed by atoms with Crippen molar-refractivity contribution in [2.75, 3.05) is 11.1 Å². The highest BCUT2D eigenvalue weighted by Crippen LogP contribution is 2.22. The molecule has 1 amide bonds. The second kappa shape index (κ2) is 6.91. The number of nitrogens with two attached hydrogens (primary N) is 1. The monoisotopic (exact) mass is 345 g/mol. The Morgan fingerprint density at radius 3 is 2.81 bits per heavy atom. The van der Waals surface area contributed by atoms with Crippen molar-refractivity contribution < 1.29 is 9.21 Å². The summed E-state index contributed by atoms with van der Waals surface area (Å²) in [6.07, 6.45) is 4.28. The number of carbonyl (C=O) groups excluding carboxylic acids is 1. The van der Waals surface area contributed by atoms with Gasteiger partial charge in [0, 0.05) is 28.7 Å². The predicted octanol–water partition coefficient (Wildman–Crippen LogP) is 3.11. The average Bonchev–Trinajstić information content (AvgIpc) is 3.17. The van der Waals surface area contributed by atoms with Crippen LogP contribution in [0.2, 0.25) is 0 Å². The number of aromatic nitrogens is 1. The Morgan fingerprint density at radius 1 is 1.35 bits per heavy atom. The fourth-order valence-electron chi connectivity index (χ4n) is 2.48. The Kier molecular flexibility index (Phi) is 4.50. The summed E-state index contributed by atoms with van der Waals surface area (Å²) in [6, 6.07) is 10.2. The van der Waals surface area contributed by atoms with E-state index in [1.165, 1.54) is 18.7 Å². The minimum Gasteiger partial charge on any atom is -0.472 e. The van der Waals surface area contributed by atoms with Gasteiger partial charge in [0.1, 0.15) is 11.8 Å². The fourth-order valence-corrected chi connectivity index (χ4v) is 2.48. The lowest BCUT2D eigenvalue weighted by molar-refractivity contribution is 0.102. The summed E-state index contributed by atoms with van der Waals surface area (Å²) in [6.45, 7) is 1.71. The van der Waals surface area contributed by atoms with Crippen molar-refractivity contribution in [3.05, 3.63) is 77.0 Å². The van der Waals surface area contributed by atoms with Gasteiger partial charge in [-0.3, -0.25) is 10.2 Å². The van der Waals surface area contributed by atoms with Gasteiger partial charge in [0.25, 0.3) is 5.91 Å². The molecule has 7 nitrogen and oxygen atoms in total. The summed E-state index contributed by atoms with van der Waals surface area (Å²) in [4.78, 5) is 16.5. The van der Waals surface area contributed by atoms with Crippen molar-refractivity contribution in [3.8, 4) is 6.07 Å². The number of anilines is 2. The van der Waals surface area contributed by atoms with Crippen LogP contribution in [0, 0.1) is 23.7 Å². The largest absolute Gasteiger partial charge is 0.472 e. The number of hydrogen-bond acceptors (Lipinski definition) is 6. The zero-order valence-corrected chi connectivity index (χ0v) is 13.9. The molecule has 2 aromatic heterocycles. The summed E-state index contributed by atoms with van der Waals surface area (Å²) in [5, 5.41) is 19.9. The normalized spacial score (nSPS) is 10.2. The molecule has 0 aliphatic carbocycles. The van der Waals surface area contributed by atoms with Crippen molar-refractivity contribution >= 4 is 23.0 Å². The highest BCUT2D eigenvalue weighted by atomic mass is 16.3. The molecule has 3 rings (SSSR count). The number of nitrogens with one attached hydrogen (secondary N) is 2. The first-order chi connectivity index (χ1) is 12.5. The molecule has 0 atom stereocenters. The molecule has 1 aromatic carbocycles. The van der Waals surface area contributed by atoms with Gasteiger partial charge < -0.3 is 15.5 Å². The number of nitriles is 1. The first kappa shape index (κ1) is 16.9. The molecule has 26 heavy (non-hydrogen) atoms.